The maximum atomic E-state index is 12.9. The Bertz CT molecular complexity index is 1040. The van der Waals surface area contributed by atoms with Gasteiger partial charge in [0.1, 0.15) is 0 Å². The molecular formula is C19H16N6O. The van der Waals surface area contributed by atoms with Gasteiger partial charge in [0.05, 0.1) is 17.6 Å². The Kier molecular flexibility index (Phi) is 4.03. The molecule has 3 heterocycles. The lowest BCUT2D eigenvalue weighted by atomic mass is 10.2. The van der Waals surface area contributed by atoms with E-state index in [0.29, 0.717) is 11.5 Å². The Morgan fingerprint density at radius 3 is 2.54 bits per heavy atom. The van der Waals surface area contributed by atoms with Crippen LogP contribution in [0.1, 0.15) is 16.1 Å². The largest absolute Gasteiger partial charge is 0.319 e. The number of hydrogen-bond acceptors (Lipinski definition) is 4. The molecule has 0 atom stereocenters. The summed E-state index contributed by atoms with van der Waals surface area (Å²) in [5.41, 5.74) is 2.62. The van der Waals surface area contributed by atoms with Crippen molar-refractivity contribution in [3.8, 4) is 11.5 Å². The van der Waals surface area contributed by atoms with Crippen molar-refractivity contribution in [2.75, 3.05) is 5.32 Å². The Hall–Kier alpha value is -3.74. The van der Waals surface area contributed by atoms with Gasteiger partial charge in [-0.25, -0.2) is 0 Å². The predicted octanol–water partition coefficient (Wildman–Crippen LogP) is 3.01. The number of nitrogens with one attached hydrogen (secondary N) is 1. The molecule has 0 unspecified atom stereocenters. The Labute approximate surface area is 149 Å². The van der Waals surface area contributed by atoms with Gasteiger partial charge in [0.25, 0.3) is 5.91 Å². The van der Waals surface area contributed by atoms with Gasteiger partial charge in [-0.3, -0.25) is 9.78 Å². The van der Waals surface area contributed by atoms with E-state index in [4.69, 9.17) is 0 Å². The fraction of sp³-hybridized carbons (Fsp3) is 0.0526. The number of aryl methyl sites for hydroxylation is 1. The third-order valence-corrected chi connectivity index (χ3v) is 4.00. The van der Waals surface area contributed by atoms with Gasteiger partial charge in [-0.1, -0.05) is 23.4 Å². The molecule has 0 fully saturated rings. The molecule has 1 N–H and O–H groups in total. The monoisotopic (exact) mass is 344 g/mol. The zero-order chi connectivity index (χ0) is 17.9. The first-order valence-corrected chi connectivity index (χ1v) is 8.10. The minimum atomic E-state index is -0.341. The van der Waals surface area contributed by atoms with E-state index in [1.807, 2.05) is 72.4 Å². The van der Waals surface area contributed by atoms with Gasteiger partial charge in [0.15, 0.2) is 11.5 Å². The number of pyridine rings is 1. The van der Waals surface area contributed by atoms with Gasteiger partial charge in [-0.15, -0.1) is 5.10 Å². The lowest BCUT2D eigenvalue weighted by Crippen LogP contribution is -2.16. The zero-order valence-electron chi connectivity index (χ0n) is 14.1. The van der Waals surface area contributed by atoms with Gasteiger partial charge in [-0.2, -0.15) is 4.68 Å². The summed E-state index contributed by atoms with van der Waals surface area (Å²) in [6.07, 6.45) is 7.00. The number of rotatable bonds is 4. The molecule has 26 heavy (non-hydrogen) atoms. The van der Waals surface area contributed by atoms with Gasteiger partial charge < -0.3 is 9.88 Å². The van der Waals surface area contributed by atoms with Crippen LogP contribution in [0.5, 0.6) is 0 Å². The molecule has 0 aliphatic heterocycles. The SMILES string of the molecule is Cc1ccncc1NC(=O)c1nnn(-c2ccccc2)c1-n1cccc1. The highest BCUT2D eigenvalue weighted by Gasteiger charge is 2.22. The van der Waals surface area contributed by atoms with Gasteiger partial charge in [-0.05, 0) is 42.8 Å². The number of hydrogen-bond donors (Lipinski definition) is 1. The molecule has 0 aliphatic carbocycles. The summed E-state index contributed by atoms with van der Waals surface area (Å²) in [6.45, 7) is 1.91. The van der Waals surface area contributed by atoms with Crippen molar-refractivity contribution in [2.24, 2.45) is 0 Å². The standard InChI is InChI=1S/C19H16N6O/c1-14-9-10-20-13-16(14)21-18(26)17-19(24-11-5-6-12-24)25(23-22-17)15-7-3-2-4-8-15/h2-13H,1H3,(H,21,26). The second-order valence-corrected chi connectivity index (χ2v) is 5.74. The number of aromatic nitrogens is 5. The van der Waals surface area contributed by atoms with E-state index in [9.17, 15) is 4.79 Å². The zero-order valence-corrected chi connectivity index (χ0v) is 14.1. The number of carbonyl (C=O) groups excluding carboxylic acids is 1. The molecule has 0 spiro atoms. The molecule has 4 rings (SSSR count). The van der Waals surface area contributed by atoms with E-state index in [-0.39, 0.29) is 11.6 Å². The molecule has 0 radical (unpaired) electrons. The molecule has 1 amide bonds. The van der Waals surface area contributed by atoms with Crippen molar-refractivity contribution >= 4 is 11.6 Å². The molecule has 0 bridgehead atoms. The fourth-order valence-corrected chi connectivity index (χ4v) is 2.65. The lowest BCUT2D eigenvalue weighted by molar-refractivity contribution is 0.102. The third kappa shape index (κ3) is 2.86. The first-order chi connectivity index (χ1) is 12.7. The number of para-hydroxylation sites is 1. The predicted molar refractivity (Wildman–Crippen MR) is 97.6 cm³/mol. The number of nitrogens with zero attached hydrogens (tertiary/aromatic N) is 5. The second-order valence-electron chi connectivity index (χ2n) is 5.74. The van der Waals surface area contributed by atoms with Crippen molar-refractivity contribution in [1.29, 1.82) is 0 Å². The molecule has 128 valence electrons. The van der Waals surface area contributed by atoms with E-state index in [1.54, 1.807) is 17.1 Å². The molecule has 4 aromatic rings. The Morgan fingerprint density at radius 1 is 1.04 bits per heavy atom. The first-order valence-electron chi connectivity index (χ1n) is 8.10. The minimum Gasteiger partial charge on any atom is -0.319 e. The number of amides is 1. The average Bonchev–Trinajstić information content (AvgIpc) is 3.33. The van der Waals surface area contributed by atoms with Crippen LogP contribution in [0.4, 0.5) is 5.69 Å². The van der Waals surface area contributed by atoms with E-state index in [1.165, 1.54) is 0 Å². The summed E-state index contributed by atoms with van der Waals surface area (Å²) >= 11 is 0. The van der Waals surface area contributed by atoms with Gasteiger partial charge in [0, 0.05) is 18.6 Å². The van der Waals surface area contributed by atoms with Crippen LogP contribution in [0.3, 0.4) is 0 Å². The van der Waals surface area contributed by atoms with Crippen molar-refractivity contribution in [3.63, 3.8) is 0 Å². The number of benzene rings is 1. The molecule has 1 aromatic carbocycles. The highest BCUT2D eigenvalue weighted by molar-refractivity contribution is 6.05. The van der Waals surface area contributed by atoms with Crippen LogP contribution in [0, 0.1) is 6.92 Å². The van der Waals surface area contributed by atoms with Crippen LogP contribution in [0.2, 0.25) is 0 Å². The highest BCUT2D eigenvalue weighted by atomic mass is 16.2. The summed E-state index contributed by atoms with van der Waals surface area (Å²) in [5, 5.41) is 11.2. The number of anilines is 1. The quantitative estimate of drug-likeness (QED) is 0.617. The molecule has 7 nitrogen and oxygen atoms in total. The van der Waals surface area contributed by atoms with E-state index in [0.717, 1.165) is 11.3 Å². The fourth-order valence-electron chi connectivity index (χ4n) is 2.65. The smallest absolute Gasteiger partial charge is 0.280 e. The lowest BCUT2D eigenvalue weighted by Gasteiger charge is -2.10. The summed E-state index contributed by atoms with van der Waals surface area (Å²) in [5.74, 6) is 0.229. The summed E-state index contributed by atoms with van der Waals surface area (Å²) in [6, 6.07) is 15.2. The van der Waals surface area contributed by atoms with Crippen molar-refractivity contribution in [1.82, 2.24) is 24.5 Å². The van der Waals surface area contributed by atoms with Crippen molar-refractivity contribution < 1.29 is 4.79 Å². The van der Waals surface area contributed by atoms with Gasteiger partial charge >= 0.3 is 0 Å². The molecule has 7 heteroatoms. The van der Waals surface area contributed by atoms with E-state index < -0.39 is 0 Å². The molecule has 0 saturated carbocycles. The van der Waals surface area contributed by atoms with Crippen LogP contribution in [-0.2, 0) is 0 Å². The maximum Gasteiger partial charge on any atom is 0.280 e. The van der Waals surface area contributed by atoms with Crippen LogP contribution in [0.25, 0.3) is 11.5 Å². The molecular weight excluding hydrogens is 328 g/mol. The van der Waals surface area contributed by atoms with E-state index in [2.05, 4.69) is 20.6 Å². The number of carbonyl (C=O) groups is 1. The summed E-state index contributed by atoms with van der Waals surface area (Å²) in [7, 11) is 0. The van der Waals surface area contributed by atoms with Crippen LogP contribution in [0.15, 0.2) is 73.3 Å². The Morgan fingerprint density at radius 2 is 1.81 bits per heavy atom. The van der Waals surface area contributed by atoms with Crippen molar-refractivity contribution in [3.05, 3.63) is 84.6 Å². The maximum absolute atomic E-state index is 12.9. The van der Waals surface area contributed by atoms with Crippen LogP contribution >= 0.6 is 0 Å². The summed E-state index contributed by atoms with van der Waals surface area (Å²) in [4.78, 5) is 16.9. The normalized spacial score (nSPS) is 10.7. The second kappa shape index (κ2) is 6.64. The summed E-state index contributed by atoms with van der Waals surface area (Å²) < 4.78 is 3.46. The van der Waals surface area contributed by atoms with Crippen LogP contribution < -0.4 is 5.32 Å². The average molecular weight is 344 g/mol. The van der Waals surface area contributed by atoms with E-state index >= 15 is 0 Å². The van der Waals surface area contributed by atoms with Crippen molar-refractivity contribution in [2.45, 2.75) is 6.92 Å². The van der Waals surface area contributed by atoms with Gasteiger partial charge in [0.2, 0.25) is 0 Å². The molecule has 3 aromatic heterocycles. The minimum absolute atomic E-state index is 0.230. The molecule has 0 saturated heterocycles. The molecule has 0 aliphatic rings. The Balaban J connectivity index is 1.78. The first kappa shape index (κ1) is 15.8. The third-order valence-electron chi connectivity index (χ3n) is 4.00. The topological polar surface area (TPSA) is 77.6 Å². The van der Waals surface area contributed by atoms with Crippen LogP contribution in [-0.4, -0.2) is 30.5 Å². The highest BCUT2D eigenvalue weighted by Crippen LogP contribution is 2.20.